The molecule has 0 amide bonds. The van der Waals surface area contributed by atoms with Crippen LogP contribution in [0.5, 0.6) is 0 Å². The highest BCUT2D eigenvalue weighted by molar-refractivity contribution is 7.99. The average molecular weight is 271 g/mol. The molecule has 102 valence electrons. The lowest BCUT2D eigenvalue weighted by atomic mass is 10.2. The van der Waals surface area contributed by atoms with Crippen molar-refractivity contribution in [1.82, 2.24) is 15.0 Å². The molecule has 1 aliphatic rings. The van der Waals surface area contributed by atoms with E-state index in [1.165, 1.54) is 11.5 Å². The largest absolute Gasteiger partial charge is 0.387 e. The fourth-order valence-corrected chi connectivity index (χ4v) is 3.00. The molecule has 1 atom stereocenters. The van der Waals surface area contributed by atoms with Crippen molar-refractivity contribution < 1.29 is 9.84 Å². The molecule has 0 bridgehead atoms. The van der Waals surface area contributed by atoms with Gasteiger partial charge in [0.25, 0.3) is 0 Å². The van der Waals surface area contributed by atoms with Crippen LogP contribution in [-0.2, 0) is 11.3 Å². The van der Waals surface area contributed by atoms with Crippen molar-refractivity contribution in [3.8, 4) is 0 Å². The Labute approximate surface area is 112 Å². The third-order valence-corrected chi connectivity index (χ3v) is 4.18. The summed E-state index contributed by atoms with van der Waals surface area (Å²) in [6, 6.07) is 0. The summed E-state index contributed by atoms with van der Waals surface area (Å²) >= 11 is 2.00. The predicted octanol–water partition coefficient (Wildman–Crippen LogP) is 1.63. The third kappa shape index (κ3) is 3.96. The zero-order valence-corrected chi connectivity index (χ0v) is 11.6. The van der Waals surface area contributed by atoms with Crippen LogP contribution in [0.2, 0.25) is 0 Å². The van der Waals surface area contributed by atoms with Crippen molar-refractivity contribution in [3.05, 3.63) is 11.9 Å². The van der Waals surface area contributed by atoms with Crippen LogP contribution < -0.4 is 0 Å². The fourth-order valence-electron chi connectivity index (χ4n) is 1.94. The number of aromatic nitrogens is 3. The summed E-state index contributed by atoms with van der Waals surface area (Å²) in [7, 11) is 0. The first-order valence-corrected chi connectivity index (χ1v) is 7.72. The van der Waals surface area contributed by atoms with Crippen LogP contribution in [0.25, 0.3) is 0 Å². The van der Waals surface area contributed by atoms with Gasteiger partial charge in [-0.3, -0.25) is 0 Å². The number of aliphatic hydroxyl groups excluding tert-OH is 1. The molecule has 1 aliphatic heterocycles. The molecule has 2 rings (SSSR count). The van der Waals surface area contributed by atoms with E-state index >= 15 is 0 Å². The third-order valence-electron chi connectivity index (χ3n) is 3.13. The van der Waals surface area contributed by atoms with Gasteiger partial charge in [0.05, 0.1) is 31.6 Å². The molecule has 5 nitrogen and oxygen atoms in total. The van der Waals surface area contributed by atoms with Crippen molar-refractivity contribution in [1.29, 1.82) is 0 Å². The van der Waals surface area contributed by atoms with Gasteiger partial charge in [0.1, 0.15) is 5.69 Å². The first kappa shape index (κ1) is 13.8. The Bertz CT molecular complexity index is 353. The summed E-state index contributed by atoms with van der Waals surface area (Å²) in [4.78, 5) is 0. The zero-order chi connectivity index (χ0) is 12.8. The smallest absolute Gasteiger partial charge is 0.111 e. The highest BCUT2D eigenvalue weighted by Gasteiger charge is 2.14. The van der Waals surface area contributed by atoms with E-state index in [4.69, 9.17) is 4.74 Å². The van der Waals surface area contributed by atoms with Crippen LogP contribution in [-0.4, -0.2) is 44.3 Å². The van der Waals surface area contributed by atoms with Crippen LogP contribution in [0, 0.1) is 0 Å². The molecule has 2 heterocycles. The number of rotatable bonds is 6. The molecule has 1 fully saturated rings. The predicted molar refractivity (Wildman–Crippen MR) is 71.6 cm³/mol. The van der Waals surface area contributed by atoms with E-state index in [1.807, 2.05) is 18.7 Å². The number of ether oxygens (including phenoxy) is 1. The van der Waals surface area contributed by atoms with Gasteiger partial charge in [-0.1, -0.05) is 12.1 Å². The number of aliphatic hydroxyl groups is 1. The molecule has 6 heteroatoms. The second-order valence-electron chi connectivity index (χ2n) is 4.51. The monoisotopic (exact) mass is 271 g/mol. The van der Waals surface area contributed by atoms with Crippen LogP contribution >= 0.6 is 11.8 Å². The number of hydrogen-bond acceptors (Lipinski definition) is 5. The Kier molecular flexibility index (Phi) is 5.46. The molecule has 0 spiro atoms. The van der Waals surface area contributed by atoms with Crippen molar-refractivity contribution in [2.24, 2.45) is 0 Å². The van der Waals surface area contributed by atoms with Crippen LogP contribution in [0.1, 0.15) is 38.0 Å². The minimum Gasteiger partial charge on any atom is -0.387 e. The van der Waals surface area contributed by atoms with Gasteiger partial charge in [-0.15, -0.1) is 5.10 Å². The Hall–Kier alpha value is -0.590. The van der Waals surface area contributed by atoms with Crippen molar-refractivity contribution in [3.63, 3.8) is 0 Å². The van der Waals surface area contributed by atoms with E-state index in [9.17, 15) is 5.11 Å². The van der Waals surface area contributed by atoms with Crippen LogP contribution in [0.4, 0.5) is 0 Å². The molecule has 1 saturated heterocycles. The molecule has 1 aromatic rings. The Morgan fingerprint density at radius 1 is 1.56 bits per heavy atom. The summed E-state index contributed by atoms with van der Waals surface area (Å²) in [6.07, 6.45) is 4.68. The van der Waals surface area contributed by atoms with Crippen molar-refractivity contribution >= 4 is 11.8 Å². The van der Waals surface area contributed by atoms with E-state index in [1.54, 1.807) is 10.9 Å². The zero-order valence-electron chi connectivity index (χ0n) is 10.8. The van der Waals surface area contributed by atoms with Gasteiger partial charge >= 0.3 is 0 Å². The van der Waals surface area contributed by atoms with Gasteiger partial charge in [0.15, 0.2) is 0 Å². The Morgan fingerprint density at radius 3 is 3.06 bits per heavy atom. The fraction of sp³-hybridized carbons (Fsp3) is 0.833. The number of nitrogens with zero attached hydrogens (tertiary/aromatic N) is 3. The highest BCUT2D eigenvalue weighted by atomic mass is 32.2. The minimum atomic E-state index is -0.505. The maximum absolute atomic E-state index is 9.62. The highest BCUT2D eigenvalue weighted by Crippen LogP contribution is 2.19. The summed E-state index contributed by atoms with van der Waals surface area (Å²) in [6.45, 7) is 3.29. The maximum Gasteiger partial charge on any atom is 0.111 e. The van der Waals surface area contributed by atoms with E-state index in [2.05, 4.69) is 10.3 Å². The lowest BCUT2D eigenvalue weighted by Gasteiger charge is -2.21. The van der Waals surface area contributed by atoms with E-state index in [0.717, 1.165) is 12.8 Å². The molecule has 18 heavy (non-hydrogen) atoms. The summed E-state index contributed by atoms with van der Waals surface area (Å²) in [5, 5.41) is 17.6. The number of thioether (sulfide) groups is 1. The van der Waals surface area contributed by atoms with Gasteiger partial charge in [0.2, 0.25) is 0 Å². The first-order chi connectivity index (χ1) is 8.79. The van der Waals surface area contributed by atoms with Gasteiger partial charge < -0.3 is 9.84 Å². The molecule has 0 saturated carbocycles. The summed E-state index contributed by atoms with van der Waals surface area (Å²) in [5.41, 5.74) is 0.645. The molecule has 0 radical (unpaired) electrons. The maximum atomic E-state index is 9.62. The molecule has 1 N–H and O–H groups in total. The average Bonchev–Trinajstić information content (AvgIpc) is 2.88. The molecule has 1 aromatic heterocycles. The van der Waals surface area contributed by atoms with Gasteiger partial charge in [-0.05, 0) is 30.8 Å². The molecule has 0 aliphatic carbocycles. The van der Waals surface area contributed by atoms with Crippen molar-refractivity contribution in [2.75, 3.05) is 18.1 Å². The van der Waals surface area contributed by atoms with E-state index in [0.29, 0.717) is 31.4 Å². The molecular formula is C12H21N3O2S. The van der Waals surface area contributed by atoms with E-state index < -0.39 is 6.10 Å². The van der Waals surface area contributed by atoms with Gasteiger partial charge in [-0.2, -0.15) is 11.8 Å². The summed E-state index contributed by atoms with van der Waals surface area (Å²) < 4.78 is 7.56. The SMILES string of the molecule is CCC(O)c1cn(CCOC2CCSCC2)nn1. The lowest BCUT2D eigenvalue weighted by molar-refractivity contribution is 0.0413. The van der Waals surface area contributed by atoms with Gasteiger partial charge in [-0.25, -0.2) is 4.68 Å². The summed E-state index contributed by atoms with van der Waals surface area (Å²) in [5.74, 6) is 2.42. The second kappa shape index (κ2) is 7.11. The quantitative estimate of drug-likeness (QED) is 0.852. The lowest BCUT2D eigenvalue weighted by Crippen LogP contribution is -2.21. The minimum absolute atomic E-state index is 0.412. The topological polar surface area (TPSA) is 60.2 Å². The molecular weight excluding hydrogens is 250 g/mol. The number of hydrogen-bond donors (Lipinski definition) is 1. The van der Waals surface area contributed by atoms with Crippen LogP contribution in [0.3, 0.4) is 0 Å². The van der Waals surface area contributed by atoms with Crippen LogP contribution in [0.15, 0.2) is 6.20 Å². The Morgan fingerprint density at radius 2 is 2.33 bits per heavy atom. The standard InChI is InChI=1S/C12H21N3O2S/c1-2-12(16)11-9-15(14-13-11)5-6-17-10-3-7-18-8-4-10/h9-10,12,16H,2-8H2,1H3. The van der Waals surface area contributed by atoms with Crippen molar-refractivity contribution in [2.45, 2.75) is 44.9 Å². The second-order valence-corrected chi connectivity index (χ2v) is 5.74. The van der Waals surface area contributed by atoms with Gasteiger partial charge in [0, 0.05) is 0 Å². The Balaban J connectivity index is 1.71. The van der Waals surface area contributed by atoms with E-state index in [-0.39, 0.29) is 0 Å². The normalized spacial score (nSPS) is 19.0. The molecule has 1 unspecified atom stereocenters. The molecule has 0 aromatic carbocycles. The first-order valence-electron chi connectivity index (χ1n) is 6.57.